The maximum absolute atomic E-state index is 15.7. The molecule has 1 atom stereocenters. The van der Waals surface area contributed by atoms with Crippen LogP contribution in [-0.4, -0.2) is 21.4 Å². The van der Waals surface area contributed by atoms with Crippen molar-refractivity contribution in [2.45, 2.75) is 13.3 Å². The summed E-state index contributed by atoms with van der Waals surface area (Å²) in [6.07, 6.45) is 6.11. The smallest absolute Gasteiger partial charge is 0.254 e. The predicted molar refractivity (Wildman–Crippen MR) is 149 cm³/mol. The van der Waals surface area contributed by atoms with Crippen LogP contribution in [0.1, 0.15) is 24.7 Å². The van der Waals surface area contributed by atoms with Crippen LogP contribution in [0.5, 0.6) is 0 Å². The molecule has 184 valence electrons. The van der Waals surface area contributed by atoms with Gasteiger partial charge in [-0.1, -0.05) is 53.0 Å². The number of halogens is 4. The van der Waals surface area contributed by atoms with Crippen LogP contribution in [0.4, 0.5) is 25.8 Å². The van der Waals surface area contributed by atoms with E-state index in [0.29, 0.717) is 43.7 Å². The van der Waals surface area contributed by atoms with Gasteiger partial charge in [0.15, 0.2) is 12.5 Å². The molecule has 0 aliphatic carbocycles. The minimum absolute atomic E-state index is 0.00774. The Balaban J connectivity index is 1.76. The van der Waals surface area contributed by atoms with Crippen LogP contribution in [0, 0.1) is 11.6 Å². The number of rotatable bonds is 7. The Kier molecular flexibility index (Phi) is 7.74. The molecule has 0 spiro atoms. The van der Waals surface area contributed by atoms with Crippen molar-refractivity contribution >= 4 is 67.1 Å². The highest BCUT2D eigenvalue weighted by molar-refractivity contribution is 7.28. The second kappa shape index (κ2) is 10.8. The molecule has 10 heteroatoms. The molecule has 4 rings (SSSR count). The topological polar surface area (TPSA) is 69.7 Å². The van der Waals surface area contributed by atoms with E-state index in [4.69, 9.17) is 28.9 Å². The number of hydrogen-bond donors (Lipinski definition) is 3. The lowest BCUT2D eigenvalue weighted by molar-refractivity contribution is -0.394. The number of aromatic amines is 1. The number of anilines is 2. The Morgan fingerprint density at radius 3 is 2.69 bits per heavy atom. The molecule has 36 heavy (non-hydrogen) atoms. The summed E-state index contributed by atoms with van der Waals surface area (Å²) >= 11 is 12.3. The van der Waals surface area contributed by atoms with Crippen molar-refractivity contribution < 1.29 is 13.5 Å². The molecule has 1 aromatic heterocycles. The first-order valence-corrected chi connectivity index (χ1v) is 12.2. The van der Waals surface area contributed by atoms with E-state index in [0.717, 1.165) is 12.0 Å². The van der Waals surface area contributed by atoms with E-state index >= 15 is 4.39 Å². The largest absolute Gasteiger partial charge is 0.398 e. The van der Waals surface area contributed by atoms with E-state index in [1.807, 2.05) is 13.0 Å². The van der Waals surface area contributed by atoms with Gasteiger partial charge < -0.3 is 10.7 Å². The first-order valence-electron chi connectivity index (χ1n) is 10.9. The van der Waals surface area contributed by atoms with Gasteiger partial charge >= 0.3 is 0 Å². The van der Waals surface area contributed by atoms with Crippen molar-refractivity contribution in [3.63, 3.8) is 0 Å². The average molecular weight is 545 g/mol. The van der Waals surface area contributed by atoms with Crippen molar-refractivity contribution in [1.82, 2.24) is 9.97 Å². The van der Waals surface area contributed by atoms with Crippen LogP contribution in [-0.2, 0) is 0 Å². The molecule has 0 bridgehead atoms. The highest BCUT2D eigenvalue weighted by Crippen LogP contribution is 2.36. The van der Waals surface area contributed by atoms with Gasteiger partial charge in [-0.2, -0.15) is 5.43 Å². The SMILES string of the molecule is C=[N+](Nc1ccc(F)c(-c2ccc(/C(=C/CC)c3ncc[nH]3)c(N)c2P)c1F)c1cc(Cl)ccc1Cl. The zero-order chi connectivity index (χ0) is 26.0. The monoisotopic (exact) mass is 544 g/mol. The number of benzene rings is 3. The van der Waals surface area contributed by atoms with E-state index in [9.17, 15) is 4.39 Å². The van der Waals surface area contributed by atoms with Gasteiger partial charge in [0.2, 0.25) is 0 Å². The van der Waals surface area contributed by atoms with Crippen molar-refractivity contribution in [1.29, 1.82) is 0 Å². The number of nitrogens with zero attached hydrogens (tertiary/aromatic N) is 2. The Morgan fingerprint density at radius 1 is 1.22 bits per heavy atom. The van der Waals surface area contributed by atoms with Crippen LogP contribution in [0.3, 0.4) is 0 Å². The summed E-state index contributed by atoms with van der Waals surface area (Å²) in [5, 5.41) is 1.24. The average Bonchev–Trinajstić information content (AvgIpc) is 3.38. The molecule has 4 aromatic rings. The zero-order valence-electron chi connectivity index (χ0n) is 19.2. The fourth-order valence-corrected chi connectivity index (χ4v) is 4.61. The van der Waals surface area contributed by atoms with Crippen molar-refractivity contribution in [2.24, 2.45) is 0 Å². The number of H-pyrrole nitrogens is 1. The Bertz CT molecular complexity index is 1490. The van der Waals surface area contributed by atoms with Gasteiger partial charge in [-0.15, -0.1) is 9.24 Å². The molecule has 0 saturated carbocycles. The summed E-state index contributed by atoms with van der Waals surface area (Å²) in [6.45, 7) is 5.86. The third kappa shape index (κ3) is 5.00. The lowest BCUT2D eigenvalue weighted by Gasteiger charge is -2.17. The third-order valence-electron chi connectivity index (χ3n) is 5.55. The highest BCUT2D eigenvalue weighted by Gasteiger charge is 2.23. The molecule has 5 nitrogen and oxygen atoms in total. The molecule has 0 fully saturated rings. The molecule has 4 N–H and O–H groups in total. The molecule has 1 heterocycles. The normalized spacial score (nSPS) is 11.6. The van der Waals surface area contributed by atoms with Crippen LogP contribution in [0.2, 0.25) is 10.0 Å². The maximum atomic E-state index is 15.7. The molecular formula is C26H23Cl2F2N5P+. The summed E-state index contributed by atoms with van der Waals surface area (Å²) in [7, 11) is 2.50. The standard InChI is InChI=1S/C26H23Cl2F2N5P/c1-3-4-16(26-32-11-12-33-26)15-6-7-17(25(36)24(15)31)22-19(29)9-10-20(23(22)30)34-35(2)21-13-14(27)5-8-18(21)28/h4-13,34H,2-3,31,36H2,1H3,(H,32,33)/q+1/b16-4-. The molecule has 0 aliphatic heterocycles. The summed E-state index contributed by atoms with van der Waals surface area (Å²) < 4.78 is 32.0. The van der Waals surface area contributed by atoms with Gasteiger partial charge in [0.1, 0.15) is 22.4 Å². The summed E-state index contributed by atoms with van der Waals surface area (Å²) in [5.74, 6) is -0.895. The quantitative estimate of drug-likeness (QED) is 0.0774. The van der Waals surface area contributed by atoms with E-state index in [1.54, 1.807) is 42.7 Å². The number of nitrogens with two attached hydrogens (primary N) is 1. The lowest BCUT2D eigenvalue weighted by Crippen LogP contribution is -2.15. The third-order valence-corrected chi connectivity index (χ3v) is 6.73. The van der Waals surface area contributed by atoms with E-state index in [1.165, 1.54) is 16.8 Å². The maximum Gasteiger partial charge on any atom is 0.254 e. The van der Waals surface area contributed by atoms with Crippen molar-refractivity contribution in [3.05, 3.63) is 94.0 Å². The van der Waals surface area contributed by atoms with Gasteiger partial charge in [-0.05, 0) is 36.2 Å². The number of nitrogens with one attached hydrogen (secondary N) is 2. The molecule has 0 saturated heterocycles. The molecule has 1 unspecified atom stereocenters. The van der Waals surface area contributed by atoms with Crippen LogP contribution < -0.4 is 16.5 Å². The van der Waals surface area contributed by atoms with E-state index in [2.05, 4.69) is 31.4 Å². The van der Waals surface area contributed by atoms with Crippen LogP contribution in [0.25, 0.3) is 16.7 Å². The fourth-order valence-electron chi connectivity index (χ4n) is 3.82. The lowest BCUT2D eigenvalue weighted by atomic mass is 9.96. The Morgan fingerprint density at radius 2 is 2.00 bits per heavy atom. The van der Waals surface area contributed by atoms with Crippen molar-refractivity contribution in [3.8, 4) is 11.1 Å². The number of hydrazine groups is 1. The van der Waals surface area contributed by atoms with Gasteiger partial charge in [0.25, 0.3) is 5.69 Å². The van der Waals surface area contributed by atoms with Gasteiger partial charge in [-0.25, -0.2) is 13.8 Å². The first kappa shape index (κ1) is 25.8. The number of allylic oxidation sites excluding steroid dienone is 1. The minimum atomic E-state index is -0.812. The first-order chi connectivity index (χ1) is 17.2. The fraction of sp³-hybridized carbons (Fsp3) is 0.0769. The van der Waals surface area contributed by atoms with Crippen LogP contribution in [0.15, 0.2) is 60.9 Å². The number of hydrogen-bond acceptors (Lipinski definition) is 3. The van der Waals surface area contributed by atoms with E-state index < -0.39 is 11.6 Å². The Hall–Kier alpha value is -3.25. The molecule has 0 radical (unpaired) electrons. The molecule has 0 amide bonds. The predicted octanol–water partition coefficient (Wildman–Crippen LogP) is 6.96. The minimum Gasteiger partial charge on any atom is -0.398 e. The number of aromatic nitrogens is 2. The van der Waals surface area contributed by atoms with Crippen LogP contribution >= 0.6 is 32.4 Å². The second-order valence-electron chi connectivity index (χ2n) is 7.87. The molecule has 3 aromatic carbocycles. The Labute approximate surface area is 219 Å². The second-order valence-corrected chi connectivity index (χ2v) is 9.29. The number of nitrogen functional groups attached to an aromatic ring is 1. The zero-order valence-corrected chi connectivity index (χ0v) is 21.9. The van der Waals surface area contributed by atoms with Crippen molar-refractivity contribution in [2.75, 3.05) is 11.2 Å². The molecular weight excluding hydrogens is 522 g/mol. The number of imidazole rings is 1. The summed E-state index contributed by atoms with van der Waals surface area (Å²) in [5.41, 5.74) is 11.6. The highest BCUT2D eigenvalue weighted by atomic mass is 35.5. The van der Waals surface area contributed by atoms with Gasteiger partial charge in [-0.3, -0.25) is 0 Å². The summed E-state index contributed by atoms with van der Waals surface area (Å²) in [4.78, 5) is 7.40. The van der Waals surface area contributed by atoms with Gasteiger partial charge in [0, 0.05) is 45.6 Å². The summed E-state index contributed by atoms with van der Waals surface area (Å²) in [6, 6.07) is 10.6. The van der Waals surface area contributed by atoms with Gasteiger partial charge in [0.05, 0.1) is 5.56 Å². The van der Waals surface area contributed by atoms with E-state index in [-0.39, 0.29) is 11.3 Å². The molecule has 0 aliphatic rings. The number of hydrazone groups is 1.